The Kier molecular flexibility index (Phi) is 5.11. The van der Waals surface area contributed by atoms with Gasteiger partial charge < -0.3 is 15.0 Å². The molecule has 1 aromatic heterocycles. The molecule has 2 aliphatic rings. The molecule has 2 saturated heterocycles. The van der Waals surface area contributed by atoms with Gasteiger partial charge in [-0.15, -0.1) is 11.3 Å². The van der Waals surface area contributed by atoms with Crippen LogP contribution in [0.15, 0.2) is 22.5 Å². The second kappa shape index (κ2) is 7.24. The Bertz CT molecular complexity index is 456. The number of morpholine rings is 1. The SMILES string of the molecule is CN=C(NCc1cccs1)N1CCC(N2CCOCC2)C1. The number of nitrogens with zero attached hydrogens (tertiary/aromatic N) is 3. The van der Waals surface area contributed by atoms with E-state index in [4.69, 9.17) is 4.74 Å². The Balaban J connectivity index is 1.51. The van der Waals surface area contributed by atoms with Gasteiger partial charge in [-0.05, 0) is 17.9 Å². The van der Waals surface area contributed by atoms with Gasteiger partial charge in [0.05, 0.1) is 19.8 Å². The summed E-state index contributed by atoms with van der Waals surface area (Å²) in [6, 6.07) is 4.90. The van der Waals surface area contributed by atoms with Crippen LogP contribution in [0.25, 0.3) is 0 Å². The van der Waals surface area contributed by atoms with Crippen LogP contribution in [0.2, 0.25) is 0 Å². The molecule has 1 atom stereocenters. The van der Waals surface area contributed by atoms with Crippen LogP contribution < -0.4 is 5.32 Å². The van der Waals surface area contributed by atoms with Crippen molar-refractivity contribution in [1.82, 2.24) is 15.1 Å². The van der Waals surface area contributed by atoms with Gasteiger partial charge in [0.1, 0.15) is 0 Å². The van der Waals surface area contributed by atoms with Crippen molar-refractivity contribution in [1.29, 1.82) is 0 Å². The molecule has 5 nitrogen and oxygen atoms in total. The number of ether oxygens (including phenoxy) is 1. The van der Waals surface area contributed by atoms with Crippen LogP contribution in [0.4, 0.5) is 0 Å². The average molecular weight is 308 g/mol. The van der Waals surface area contributed by atoms with Crippen molar-refractivity contribution in [2.24, 2.45) is 4.99 Å². The largest absolute Gasteiger partial charge is 0.379 e. The minimum atomic E-state index is 0.647. The monoisotopic (exact) mass is 308 g/mol. The molecule has 6 heteroatoms. The first-order valence-electron chi connectivity index (χ1n) is 7.66. The van der Waals surface area contributed by atoms with Gasteiger partial charge in [0.15, 0.2) is 5.96 Å². The summed E-state index contributed by atoms with van der Waals surface area (Å²) in [5.74, 6) is 1.03. The molecular weight excluding hydrogens is 284 g/mol. The number of likely N-dealkylation sites (tertiary alicyclic amines) is 1. The number of aliphatic imine (C=N–C) groups is 1. The highest BCUT2D eigenvalue weighted by atomic mass is 32.1. The zero-order valence-electron chi connectivity index (χ0n) is 12.6. The van der Waals surface area contributed by atoms with Gasteiger partial charge >= 0.3 is 0 Å². The molecule has 3 heterocycles. The highest BCUT2D eigenvalue weighted by Crippen LogP contribution is 2.17. The summed E-state index contributed by atoms with van der Waals surface area (Å²) in [5.41, 5.74) is 0. The van der Waals surface area contributed by atoms with Gasteiger partial charge in [-0.25, -0.2) is 0 Å². The van der Waals surface area contributed by atoms with Gasteiger partial charge in [-0.2, -0.15) is 0 Å². The fourth-order valence-electron chi connectivity index (χ4n) is 3.09. The summed E-state index contributed by atoms with van der Waals surface area (Å²) in [6.45, 7) is 6.92. The minimum Gasteiger partial charge on any atom is -0.379 e. The lowest BCUT2D eigenvalue weighted by molar-refractivity contribution is 0.0195. The van der Waals surface area contributed by atoms with E-state index in [-0.39, 0.29) is 0 Å². The maximum Gasteiger partial charge on any atom is 0.193 e. The first-order valence-corrected chi connectivity index (χ1v) is 8.54. The predicted molar refractivity (Wildman–Crippen MR) is 86.9 cm³/mol. The number of hydrogen-bond donors (Lipinski definition) is 1. The molecule has 0 amide bonds. The Morgan fingerprint density at radius 1 is 1.43 bits per heavy atom. The number of nitrogens with one attached hydrogen (secondary N) is 1. The van der Waals surface area contributed by atoms with Gasteiger partial charge in [0.2, 0.25) is 0 Å². The number of hydrogen-bond acceptors (Lipinski definition) is 4. The van der Waals surface area contributed by atoms with Crippen molar-refractivity contribution in [3.63, 3.8) is 0 Å². The highest BCUT2D eigenvalue weighted by molar-refractivity contribution is 7.09. The Labute approximate surface area is 130 Å². The molecule has 1 unspecified atom stereocenters. The van der Waals surface area contributed by atoms with Crippen LogP contribution in [0.5, 0.6) is 0 Å². The van der Waals surface area contributed by atoms with Crippen LogP contribution in [0.3, 0.4) is 0 Å². The topological polar surface area (TPSA) is 40.1 Å². The highest BCUT2D eigenvalue weighted by Gasteiger charge is 2.30. The molecule has 0 saturated carbocycles. The van der Waals surface area contributed by atoms with Crippen molar-refractivity contribution >= 4 is 17.3 Å². The number of guanidine groups is 1. The van der Waals surface area contributed by atoms with E-state index in [0.717, 1.165) is 51.9 Å². The Morgan fingerprint density at radius 3 is 3.00 bits per heavy atom. The minimum absolute atomic E-state index is 0.647. The second-order valence-corrected chi connectivity index (χ2v) is 6.55. The van der Waals surface area contributed by atoms with E-state index in [1.165, 1.54) is 11.3 Å². The molecule has 1 N–H and O–H groups in total. The molecule has 0 spiro atoms. The van der Waals surface area contributed by atoms with E-state index >= 15 is 0 Å². The standard InChI is InChI=1S/C15H24N4OS/c1-16-15(17-11-14-3-2-10-21-14)19-5-4-13(12-19)18-6-8-20-9-7-18/h2-3,10,13H,4-9,11-12H2,1H3,(H,16,17). The zero-order valence-corrected chi connectivity index (χ0v) is 13.4. The van der Waals surface area contributed by atoms with Crippen molar-refractivity contribution < 1.29 is 4.74 Å². The van der Waals surface area contributed by atoms with Gasteiger partial charge in [-0.1, -0.05) is 6.07 Å². The van der Waals surface area contributed by atoms with Crippen LogP contribution in [-0.4, -0.2) is 68.2 Å². The first kappa shape index (κ1) is 14.8. The molecule has 1 aromatic rings. The normalized spacial score (nSPS) is 24.5. The van der Waals surface area contributed by atoms with E-state index in [2.05, 4.69) is 37.6 Å². The number of rotatable bonds is 3. The summed E-state index contributed by atoms with van der Waals surface area (Å²) >= 11 is 1.78. The smallest absolute Gasteiger partial charge is 0.193 e. The van der Waals surface area contributed by atoms with Gasteiger partial charge in [-0.3, -0.25) is 9.89 Å². The van der Waals surface area contributed by atoms with Crippen molar-refractivity contribution in [2.45, 2.75) is 19.0 Å². The molecule has 0 aliphatic carbocycles. The maximum atomic E-state index is 5.44. The van der Waals surface area contributed by atoms with E-state index < -0.39 is 0 Å². The molecule has 0 radical (unpaired) electrons. The number of thiophene rings is 1. The molecule has 0 bridgehead atoms. The van der Waals surface area contributed by atoms with Crippen LogP contribution >= 0.6 is 11.3 Å². The lowest BCUT2D eigenvalue weighted by Gasteiger charge is -2.32. The third-order valence-corrected chi connectivity index (χ3v) is 5.11. The first-order chi connectivity index (χ1) is 10.4. The molecule has 116 valence electrons. The maximum absolute atomic E-state index is 5.44. The van der Waals surface area contributed by atoms with Crippen molar-refractivity contribution in [3.8, 4) is 0 Å². The van der Waals surface area contributed by atoms with Gasteiger partial charge in [0.25, 0.3) is 0 Å². The zero-order chi connectivity index (χ0) is 14.5. The van der Waals surface area contributed by atoms with Crippen molar-refractivity contribution in [2.75, 3.05) is 46.4 Å². The van der Waals surface area contributed by atoms with E-state index in [9.17, 15) is 0 Å². The third-order valence-electron chi connectivity index (χ3n) is 4.24. The second-order valence-electron chi connectivity index (χ2n) is 5.52. The van der Waals surface area contributed by atoms with Crippen LogP contribution in [-0.2, 0) is 11.3 Å². The lowest BCUT2D eigenvalue weighted by atomic mass is 10.2. The predicted octanol–water partition coefficient (Wildman–Crippen LogP) is 1.23. The molecule has 0 aromatic carbocycles. The Morgan fingerprint density at radius 2 is 2.29 bits per heavy atom. The fraction of sp³-hybridized carbons (Fsp3) is 0.667. The van der Waals surface area contributed by atoms with Crippen LogP contribution in [0, 0.1) is 0 Å². The van der Waals surface area contributed by atoms with Crippen LogP contribution in [0.1, 0.15) is 11.3 Å². The Hall–Kier alpha value is -1.11. The summed E-state index contributed by atoms with van der Waals surface area (Å²) < 4.78 is 5.44. The quantitative estimate of drug-likeness (QED) is 0.673. The average Bonchev–Trinajstić information content (AvgIpc) is 3.20. The lowest BCUT2D eigenvalue weighted by Crippen LogP contribution is -2.46. The van der Waals surface area contributed by atoms with E-state index in [1.54, 1.807) is 11.3 Å². The molecule has 3 rings (SSSR count). The molecule has 21 heavy (non-hydrogen) atoms. The summed E-state index contributed by atoms with van der Waals surface area (Å²) in [7, 11) is 1.87. The van der Waals surface area contributed by atoms with E-state index in [0.29, 0.717) is 6.04 Å². The fourth-order valence-corrected chi connectivity index (χ4v) is 3.73. The van der Waals surface area contributed by atoms with Crippen molar-refractivity contribution in [3.05, 3.63) is 22.4 Å². The molecule has 2 fully saturated rings. The summed E-state index contributed by atoms with van der Waals surface area (Å²) in [6.07, 6.45) is 1.22. The molecular formula is C15H24N4OS. The van der Waals surface area contributed by atoms with E-state index in [1.807, 2.05) is 7.05 Å². The van der Waals surface area contributed by atoms with Gasteiger partial charge in [0, 0.05) is 44.1 Å². The summed E-state index contributed by atoms with van der Waals surface area (Å²) in [4.78, 5) is 10.7. The summed E-state index contributed by atoms with van der Waals surface area (Å²) in [5, 5.41) is 5.60. The third kappa shape index (κ3) is 3.75. The molecule has 2 aliphatic heterocycles.